The van der Waals surface area contributed by atoms with Crippen molar-refractivity contribution in [3.05, 3.63) is 36.5 Å². The first-order valence-corrected chi connectivity index (χ1v) is 22.3. The fourth-order valence-electron chi connectivity index (χ4n) is 5.69. The van der Waals surface area contributed by atoms with Crippen LogP contribution in [-0.2, 0) is 37.4 Å². The Hall–Kier alpha value is -1.81. The number of quaternary nitrogens is 1. The third kappa shape index (κ3) is 32.2. The Morgan fingerprint density at radius 2 is 1.26 bits per heavy atom. The second-order valence-electron chi connectivity index (χ2n) is 15.4. The predicted octanol–water partition coefficient (Wildman–Crippen LogP) is 10.3. The maximum absolute atomic E-state index is 12.6. The number of unbranched alkanes of at least 4 members (excludes halogenated alkanes) is 13. The minimum atomic E-state index is -4.38. The average molecular weight is 771 g/mol. The molecule has 3 unspecified atom stereocenters. The zero-order valence-electron chi connectivity index (χ0n) is 34.2. The van der Waals surface area contributed by atoms with Gasteiger partial charge >= 0.3 is 19.8 Å². The van der Waals surface area contributed by atoms with E-state index in [-0.39, 0.29) is 26.1 Å². The topological polar surface area (TPSA) is 121 Å². The lowest BCUT2D eigenvalue weighted by atomic mass is 10.1. The smallest absolute Gasteiger partial charge is 0.462 e. The quantitative estimate of drug-likeness (QED) is 0.0166. The number of allylic oxidation sites excluding steroid dienone is 5. The Kier molecular flexibility index (Phi) is 29.2. The molecule has 0 aliphatic carbocycles. The van der Waals surface area contributed by atoms with Crippen LogP contribution in [0.1, 0.15) is 155 Å². The number of rotatable bonds is 36. The van der Waals surface area contributed by atoms with E-state index in [2.05, 4.69) is 50.3 Å². The highest BCUT2D eigenvalue weighted by Gasteiger charge is 2.36. The monoisotopic (exact) mass is 771 g/mol. The summed E-state index contributed by atoms with van der Waals surface area (Å²) in [6.45, 7) is 4.30. The molecule has 0 aromatic carbocycles. The van der Waals surface area contributed by atoms with Crippen molar-refractivity contribution in [2.45, 2.75) is 173 Å². The van der Waals surface area contributed by atoms with E-state index in [0.29, 0.717) is 36.1 Å². The van der Waals surface area contributed by atoms with Gasteiger partial charge in [-0.2, -0.15) is 0 Å². The van der Waals surface area contributed by atoms with Gasteiger partial charge in [0, 0.05) is 12.8 Å². The summed E-state index contributed by atoms with van der Waals surface area (Å²) in [7, 11) is 1.44. The summed E-state index contributed by atoms with van der Waals surface area (Å²) in [4.78, 5) is 35.2. The number of hydrogen-bond acceptors (Lipinski definition) is 8. The minimum Gasteiger partial charge on any atom is -0.462 e. The van der Waals surface area contributed by atoms with E-state index in [0.717, 1.165) is 44.9 Å². The SMILES string of the molecule is CCCCCCCCCCCCCC(=O)O[C@H](COC(=O)CCC/C=C\C/C=C\C/C=C\CC1OC1CCCCC)COP(=O)(O)OCC[N+](C)(C)C. The second kappa shape index (κ2) is 31.4. The van der Waals surface area contributed by atoms with Crippen molar-refractivity contribution in [3.63, 3.8) is 0 Å². The van der Waals surface area contributed by atoms with E-state index in [1.807, 2.05) is 21.1 Å². The summed E-state index contributed by atoms with van der Waals surface area (Å²) in [6, 6.07) is 0. The number of ether oxygens (including phenoxy) is 3. The zero-order chi connectivity index (χ0) is 39.0. The number of phosphoric acid groups is 1. The fourth-order valence-corrected chi connectivity index (χ4v) is 6.43. The highest BCUT2D eigenvalue weighted by atomic mass is 31.2. The summed E-state index contributed by atoms with van der Waals surface area (Å²) in [5.41, 5.74) is 0. The van der Waals surface area contributed by atoms with Crippen LogP contribution in [0.25, 0.3) is 0 Å². The summed E-state index contributed by atoms with van der Waals surface area (Å²) in [6.07, 6.45) is 35.2. The number of hydrogen-bond donors (Lipinski definition) is 1. The van der Waals surface area contributed by atoms with Crippen LogP contribution in [0.4, 0.5) is 0 Å². The molecular formula is C42H77NO9P+. The molecule has 1 aliphatic heterocycles. The highest BCUT2D eigenvalue weighted by Crippen LogP contribution is 2.43. The number of carbonyl (C=O) groups excluding carboxylic acids is 2. The van der Waals surface area contributed by atoms with Gasteiger partial charge < -0.3 is 23.6 Å². The summed E-state index contributed by atoms with van der Waals surface area (Å²) in [5.74, 6) is -0.870. The van der Waals surface area contributed by atoms with Gasteiger partial charge in [-0.1, -0.05) is 134 Å². The maximum atomic E-state index is 12.6. The van der Waals surface area contributed by atoms with Crippen molar-refractivity contribution in [2.24, 2.45) is 0 Å². The molecule has 0 radical (unpaired) electrons. The minimum absolute atomic E-state index is 0.0217. The molecule has 1 N–H and O–H groups in total. The number of phosphoric ester groups is 1. The van der Waals surface area contributed by atoms with Crippen LogP contribution in [-0.4, -0.2) is 87.1 Å². The normalized spacial score (nSPS) is 17.8. The number of nitrogens with zero attached hydrogens (tertiary/aromatic N) is 1. The molecule has 1 aliphatic rings. The number of likely N-dealkylation sites (N-methyl/N-ethyl adjacent to an activating group) is 1. The van der Waals surface area contributed by atoms with Crippen molar-refractivity contribution < 1.29 is 46.8 Å². The lowest BCUT2D eigenvalue weighted by molar-refractivity contribution is -0.870. The molecule has 0 spiro atoms. The van der Waals surface area contributed by atoms with Gasteiger partial charge in [0.1, 0.15) is 19.8 Å². The molecule has 1 saturated heterocycles. The van der Waals surface area contributed by atoms with Crippen molar-refractivity contribution in [1.29, 1.82) is 0 Å². The van der Waals surface area contributed by atoms with Crippen LogP contribution < -0.4 is 0 Å². The maximum Gasteiger partial charge on any atom is 0.472 e. The van der Waals surface area contributed by atoms with E-state index in [4.69, 9.17) is 23.3 Å². The molecule has 1 rings (SSSR count). The molecule has 0 bridgehead atoms. The van der Waals surface area contributed by atoms with Gasteiger partial charge in [0.2, 0.25) is 0 Å². The van der Waals surface area contributed by atoms with E-state index >= 15 is 0 Å². The van der Waals surface area contributed by atoms with E-state index in [9.17, 15) is 19.0 Å². The lowest BCUT2D eigenvalue weighted by Crippen LogP contribution is -2.37. The molecule has 4 atom stereocenters. The van der Waals surface area contributed by atoms with Crippen LogP contribution in [0.3, 0.4) is 0 Å². The predicted molar refractivity (Wildman–Crippen MR) is 214 cm³/mol. The average Bonchev–Trinajstić information content (AvgIpc) is 3.86. The van der Waals surface area contributed by atoms with Gasteiger partial charge in [-0.25, -0.2) is 4.57 Å². The first-order valence-electron chi connectivity index (χ1n) is 20.8. The molecule has 1 fully saturated rings. The van der Waals surface area contributed by atoms with Crippen molar-refractivity contribution >= 4 is 19.8 Å². The van der Waals surface area contributed by atoms with Crippen LogP contribution in [0.15, 0.2) is 36.5 Å². The van der Waals surface area contributed by atoms with Crippen LogP contribution in [0.5, 0.6) is 0 Å². The Morgan fingerprint density at radius 3 is 1.91 bits per heavy atom. The number of esters is 2. The first-order chi connectivity index (χ1) is 25.5. The van der Waals surface area contributed by atoms with Gasteiger partial charge in [0.15, 0.2) is 6.10 Å². The number of carbonyl (C=O) groups is 2. The third-order valence-electron chi connectivity index (χ3n) is 9.10. The van der Waals surface area contributed by atoms with E-state index in [1.54, 1.807) is 0 Å². The standard InChI is InChI=1S/C42H76NO9P/c1-6-8-10-11-12-13-14-19-22-25-29-33-42(45)51-38(37-50-53(46,47)49-35-34-43(3,4)5)36-48-41(44)32-28-24-21-18-16-15-17-20-23-27-31-40-39(52-40)30-26-9-7-2/h15,17-18,21,23,27,38-40H,6-14,16,19-20,22,24-26,28-37H2,1-5H3/p+1/b17-15-,21-18-,27-23-/t38-,39?,40?/m1/s1. The Balaban J connectivity index is 2.32. The van der Waals surface area contributed by atoms with Crippen molar-refractivity contribution in [1.82, 2.24) is 0 Å². The second-order valence-corrected chi connectivity index (χ2v) is 16.9. The van der Waals surface area contributed by atoms with Crippen LogP contribution >= 0.6 is 7.82 Å². The van der Waals surface area contributed by atoms with Crippen molar-refractivity contribution in [2.75, 3.05) is 47.5 Å². The first kappa shape index (κ1) is 49.2. The molecular weight excluding hydrogens is 693 g/mol. The molecule has 308 valence electrons. The summed E-state index contributed by atoms with van der Waals surface area (Å²) >= 11 is 0. The Morgan fingerprint density at radius 1 is 0.698 bits per heavy atom. The van der Waals surface area contributed by atoms with Crippen LogP contribution in [0.2, 0.25) is 0 Å². The lowest BCUT2D eigenvalue weighted by Gasteiger charge is -2.24. The van der Waals surface area contributed by atoms with Gasteiger partial charge in [0.05, 0.1) is 40.0 Å². The zero-order valence-corrected chi connectivity index (χ0v) is 35.1. The van der Waals surface area contributed by atoms with Crippen LogP contribution in [0, 0.1) is 0 Å². The Labute approximate surface area is 323 Å². The van der Waals surface area contributed by atoms with E-state index in [1.165, 1.54) is 70.6 Å². The molecule has 0 aromatic heterocycles. The molecule has 0 saturated carbocycles. The summed E-state index contributed by atoms with van der Waals surface area (Å²) < 4.78 is 39.9. The van der Waals surface area contributed by atoms with Gasteiger partial charge in [-0.3, -0.25) is 18.6 Å². The number of epoxide rings is 1. The fraction of sp³-hybridized carbons (Fsp3) is 0.810. The molecule has 10 nitrogen and oxygen atoms in total. The Bertz CT molecular complexity index is 1070. The van der Waals surface area contributed by atoms with Crippen molar-refractivity contribution in [3.8, 4) is 0 Å². The van der Waals surface area contributed by atoms with Gasteiger partial charge in [0.25, 0.3) is 0 Å². The van der Waals surface area contributed by atoms with Gasteiger partial charge in [-0.05, 0) is 44.9 Å². The molecule has 1 heterocycles. The molecule has 0 amide bonds. The summed E-state index contributed by atoms with van der Waals surface area (Å²) in [5, 5.41) is 0. The molecule has 0 aromatic rings. The third-order valence-corrected chi connectivity index (χ3v) is 10.1. The van der Waals surface area contributed by atoms with Gasteiger partial charge in [-0.15, -0.1) is 0 Å². The largest absolute Gasteiger partial charge is 0.472 e. The van der Waals surface area contributed by atoms with E-state index < -0.39 is 32.5 Å². The molecule has 53 heavy (non-hydrogen) atoms. The molecule has 11 heteroatoms. The highest BCUT2D eigenvalue weighted by molar-refractivity contribution is 7.47.